The Morgan fingerprint density at radius 3 is 2.19 bits per heavy atom. The van der Waals surface area contributed by atoms with Crippen LogP contribution in [0.25, 0.3) is 0 Å². The number of aliphatic hydroxyl groups excluding tert-OH is 1. The number of aliphatic hydroxyl groups is 1. The van der Waals surface area contributed by atoms with E-state index < -0.39 is 54.0 Å². The van der Waals surface area contributed by atoms with Gasteiger partial charge < -0.3 is 37.2 Å². The topological polar surface area (TPSA) is 183 Å². The van der Waals surface area contributed by atoms with Crippen molar-refractivity contribution in [3.05, 3.63) is 0 Å². The van der Waals surface area contributed by atoms with Crippen molar-refractivity contribution in [2.24, 2.45) is 11.7 Å². The highest BCUT2D eigenvalue weighted by atomic mass is 16.4. The molecule has 11 heteroatoms. The molecule has 0 bridgehead atoms. The molecule has 0 saturated carbocycles. The van der Waals surface area contributed by atoms with Crippen LogP contribution in [0.1, 0.15) is 52.9 Å². The molecule has 0 spiro atoms. The maximum Gasteiger partial charge on any atom is 0.326 e. The molecule has 5 atom stereocenters. The molecule has 0 aromatic heterocycles. The number of carboxylic acids is 1. The van der Waals surface area contributed by atoms with Gasteiger partial charge in [0.1, 0.15) is 18.1 Å². The number of hydrogen-bond acceptors (Lipinski definition) is 7. The molecule has 1 heterocycles. The average molecular weight is 444 g/mol. The number of rotatable bonds is 13. The Labute approximate surface area is 182 Å². The van der Waals surface area contributed by atoms with Crippen LogP contribution in [0.15, 0.2) is 0 Å². The molecule has 0 radical (unpaired) electrons. The van der Waals surface area contributed by atoms with Gasteiger partial charge in [0, 0.05) is 0 Å². The van der Waals surface area contributed by atoms with Gasteiger partial charge >= 0.3 is 5.97 Å². The molecule has 3 amide bonds. The first-order valence-electron chi connectivity index (χ1n) is 10.8. The molecule has 5 unspecified atom stereocenters. The van der Waals surface area contributed by atoms with Crippen LogP contribution in [0.4, 0.5) is 0 Å². The predicted octanol–water partition coefficient (Wildman–Crippen LogP) is -1.56. The first kappa shape index (κ1) is 26.8. The van der Waals surface area contributed by atoms with Crippen molar-refractivity contribution in [3.8, 4) is 0 Å². The van der Waals surface area contributed by atoms with Crippen LogP contribution in [0.5, 0.6) is 0 Å². The number of unbranched alkanes of at least 4 members (excludes halogenated alkanes) is 1. The lowest BCUT2D eigenvalue weighted by molar-refractivity contribution is -0.143. The van der Waals surface area contributed by atoms with Crippen molar-refractivity contribution < 1.29 is 29.4 Å². The summed E-state index contributed by atoms with van der Waals surface area (Å²) >= 11 is 0. The molecule has 1 fully saturated rings. The summed E-state index contributed by atoms with van der Waals surface area (Å²) in [6, 6.07) is -3.82. The number of nitrogens with one attached hydrogen (secondary N) is 4. The van der Waals surface area contributed by atoms with E-state index in [9.17, 15) is 29.4 Å². The van der Waals surface area contributed by atoms with Crippen molar-refractivity contribution in [1.82, 2.24) is 21.3 Å². The molecule has 0 aliphatic carbocycles. The Kier molecular flexibility index (Phi) is 11.4. The van der Waals surface area contributed by atoms with E-state index in [1.54, 1.807) is 13.8 Å². The standard InChI is InChI=1S/C20H37N5O6/c1-11(2)15(20(30)31)24-18(28)14(7-4-5-9-21)23-19(29)16(12(3)26)25-17(27)13-8-6-10-22-13/h11-16,22,26H,4-10,21H2,1-3H3,(H,23,29)(H,24,28)(H,25,27)(H,30,31). The summed E-state index contributed by atoms with van der Waals surface area (Å²) in [5.41, 5.74) is 5.50. The second-order valence-corrected chi connectivity index (χ2v) is 8.29. The predicted molar refractivity (Wildman–Crippen MR) is 114 cm³/mol. The second-order valence-electron chi connectivity index (χ2n) is 8.29. The van der Waals surface area contributed by atoms with Gasteiger partial charge in [-0.1, -0.05) is 13.8 Å². The monoisotopic (exact) mass is 443 g/mol. The average Bonchev–Trinajstić information content (AvgIpc) is 3.23. The zero-order chi connectivity index (χ0) is 23.6. The van der Waals surface area contributed by atoms with Gasteiger partial charge in [0.2, 0.25) is 17.7 Å². The molecule has 1 saturated heterocycles. The highest BCUT2D eigenvalue weighted by Gasteiger charge is 2.33. The molecule has 0 aromatic rings. The van der Waals surface area contributed by atoms with E-state index in [0.29, 0.717) is 32.4 Å². The summed E-state index contributed by atoms with van der Waals surface area (Å²) in [7, 11) is 0. The van der Waals surface area contributed by atoms with E-state index in [1.165, 1.54) is 6.92 Å². The minimum absolute atomic E-state index is 0.240. The lowest BCUT2D eigenvalue weighted by atomic mass is 10.0. The van der Waals surface area contributed by atoms with Crippen molar-refractivity contribution in [2.75, 3.05) is 13.1 Å². The highest BCUT2D eigenvalue weighted by Crippen LogP contribution is 2.08. The molecular weight excluding hydrogens is 406 g/mol. The number of hydrogen-bond donors (Lipinski definition) is 7. The van der Waals surface area contributed by atoms with E-state index in [-0.39, 0.29) is 12.3 Å². The summed E-state index contributed by atoms with van der Waals surface area (Å²) in [5, 5.41) is 29.9. The number of nitrogens with two attached hydrogens (primary N) is 1. The number of carbonyl (C=O) groups is 4. The van der Waals surface area contributed by atoms with Crippen LogP contribution in [0.2, 0.25) is 0 Å². The lowest BCUT2D eigenvalue weighted by Gasteiger charge is -2.27. The third kappa shape index (κ3) is 8.80. The van der Waals surface area contributed by atoms with Crippen molar-refractivity contribution in [2.45, 2.75) is 83.1 Å². The van der Waals surface area contributed by atoms with E-state index in [1.807, 2.05) is 0 Å². The van der Waals surface area contributed by atoms with Gasteiger partial charge in [-0.3, -0.25) is 14.4 Å². The Bertz CT molecular complexity index is 621. The van der Waals surface area contributed by atoms with Crippen LogP contribution in [-0.4, -0.2) is 77.3 Å². The van der Waals surface area contributed by atoms with Crippen LogP contribution < -0.4 is 27.0 Å². The quantitative estimate of drug-likeness (QED) is 0.167. The van der Waals surface area contributed by atoms with Gasteiger partial charge in [0.25, 0.3) is 0 Å². The lowest BCUT2D eigenvalue weighted by Crippen LogP contribution is -2.60. The summed E-state index contributed by atoms with van der Waals surface area (Å²) in [6.45, 7) is 5.81. The zero-order valence-corrected chi connectivity index (χ0v) is 18.5. The molecular formula is C20H37N5O6. The number of carbonyl (C=O) groups excluding carboxylic acids is 3. The van der Waals surface area contributed by atoms with E-state index in [4.69, 9.17) is 5.73 Å². The summed E-state index contributed by atoms with van der Waals surface area (Å²) in [5.74, 6) is -3.28. The molecule has 1 aliphatic rings. The Morgan fingerprint density at radius 1 is 1.03 bits per heavy atom. The Morgan fingerprint density at radius 2 is 1.71 bits per heavy atom. The van der Waals surface area contributed by atoms with Crippen LogP contribution >= 0.6 is 0 Å². The smallest absolute Gasteiger partial charge is 0.326 e. The van der Waals surface area contributed by atoms with Crippen LogP contribution in [0.3, 0.4) is 0 Å². The minimum atomic E-state index is -1.25. The molecule has 0 aromatic carbocycles. The second kappa shape index (κ2) is 13.2. The van der Waals surface area contributed by atoms with Crippen LogP contribution in [-0.2, 0) is 19.2 Å². The Hall–Kier alpha value is -2.24. The van der Waals surface area contributed by atoms with Crippen molar-refractivity contribution in [1.29, 1.82) is 0 Å². The van der Waals surface area contributed by atoms with Gasteiger partial charge in [-0.2, -0.15) is 0 Å². The van der Waals surface area contributed by atoms with Gasteiger partial charge in [0.05, 0.1) is 12.1 Å². The normalized spacial score (nSPS) is 19.9. The third-order valence-corrected chi connectivity index (χ3v) is 5.25. The molecule has 8 N–H and O–H groups in total. The molecule has 1 rings (SSSR count). The molecule has 178 valence electrons. The fourth-order valence-corrected chi connectivity index (χ4v) is 3.36. The maximum atomic E-state index is 12.8. The van der Waals surface area contributed by atoms with Crippen molar-refractivity contribution in [3.63, 3.8) is 0 Å². The number of carboxylic acid groups (broad SMARTS) is 1. The summed E-state index contributed by atoms with van der Waals surface area (Å²) in [4.78, 5) is 49.3. The number of aliphatic carboxylic acids is 1. The number of amides is 3. The summed E-state index contributed by atoms with van der Waals surface area (Å²) < 4.78 is 0. The Balaban J connectivity index is 2.88. The van der Waals surface area contributed by atoms with Gasteiger partial charge in [-0.15, -0.1) is 0 Å². The fraction of sp³-hybridized carbons (Fsp3) is 0.800. The van der Waals surface area contributed by atoms with Crippen LogP contribution in [0, 0.1) is 5.92 Å². The first-order chi connectivity index (χ1) is 14.6. The van der Waals surface area contributed by atoms with E-state index >= 15 is 0 Å². The summed E-state index contributed by atoms with van der Waals surface area (Å²) in [6.07, 6.45) is 1.68. The molecule has 1 aliphatic heterocycles. The largest absolute Gasteiger partial charge is 0.480 e. The molecule has 11 nitrogen and oxygen atoms in total. The SMILES string of the molecule is CC(C)C(NC(=O)C(CCCCN)NC(=O)C(NC(=O)C1CCCN1)C(C)O)C(=O)O. The first-order valence-corrected chi connectivity index (χ1v) is 10.8. The van der Waals surface area contributed by atoms with Gasteiger partial charge in [-0.25, -0.2) is 4.79 Å². The minimum Gasteiger partial charge on any atom is -0.480 e. The fourth-order valence-electron chi connectivity index (χ4n) is 3.36. The molecule has 31 heavy (non-hydrogen) atoms. The van der Waals surface area contributed by atoms with E-state index in [0.717, 1.165) is 6.42 Å². The zero-order valence-electron chi connectivity index (χ0n) is 18.5. The van der Waals surface area contributed by atoms with Gasteiger partial charge in [-0.05, 0) is 58.0 Å². The highest BCUT2D eigenvalue weighted by molar-refractivity contribution is 5.94. The van der Waals surface area contributed by atoms with Gasteiger partial charge in [0.15, 0.2) is 0 Å². The van der Waals surface area contributed by atoms with Crippen molar-refractivity contribution >= 4 is 23.7 Å². The third-order valence-electron chi connectivity index (χ3n) is 5.25. The maximum absolute atomic E-state index is 12.8. The van der Waals surface area contributed by atoms with E-state index in [2.05, 4.69) is 21.3 Å².